The molecule has 0 atom stereocenters. The fourth-order valence-electron chi connectivity index (χ4n) is 3.11. The molecule has 1 heterocycles. The van der Waals surface area contributed by atoms with Crippen LogP contribution in [0.5, 0.6) is 0 Å². The Bertz CT molecular complexity index is 889. The van der Waals surface area contributed by atoms with Gasteiger partial charge >= 0.3 is 0 Å². The van der Waals surface area contributed by atoms with E-state index in [1.165, 1.54) is 6.07 Å². The summed E-state index contributed by atoms with van der Waals surface area (Å²) in [6.07, 6.45) is 3.50. The highest BCUT2D eigenvalue weighted by Crippen LogP contribution is 2.27. The van der Waals surface area contributed by atoms with E-state index in [-0.39, 0.29) is 17.9 Å². The molecule has 6 heteroatoms. The molecule has 0 saturated heterocycles. The Balaban J connectivity index is 1.85. The van der Waals surface area contributed by atoms with Gasteiger partial charge in [-0.15, -0.1) is 0 Å². The number of carbonyl (C=O) groups excluding carboxylic acids is 2. The number of nitrogens with zero attached hydrogens (tertiary/aromatic N) is 2. The first-order chi connectivity index (χ1) is 13.3. The van der Waals surface area contributed by atoms with E-state index in [2.05, 4.69) is 10.3 Å². The third-order valence-corrected chi connectivity index (χ3v) is 4.80. The third kappa shape index (κ3) is 4.55. The molecule has 5 nitrogen and oxygen atoms in total. The molecule has 148 valence electrons. The van der Waals surface area contributed by atoms with Gasteiger partial charge in [0.2, 0.25) is 0 Å². The fraction of sp³-hybridized carbons (Fsp3) is 0.409. The molecule has 1 fully saturated rings. The van der Waals surface area contributed by atoms with E-state index < -0.39 is 5.82 Å². The molecule has 1 aliphatic carbocycles. The molecule has 0 radical (unpaired) electrons. The second-order valence-corrected chi connectivity index (χ2v) is 7.89. The van der Waals surface area contributed by atoms with Crippen LogP contribution in [0, 0.1) is 18.7 Å². The number of rotatable bonds is 6. The van der Waals surface area contributed by atoms with Crippen LogP contribution in [0.4, 0.5) is 4.39 Å². The Hall–Kier alpha value is -2.76. The smallest absolute Gasteiger partial charge is 0.272 e. The van der Waals surface area contributed by atoms with Gasteiger partial charge in [-0.2, -0.15) is 0 Å². The van der Waals surface area contributed by atoms with E-state index in [0.717, 1.165) is 12.8 Å². The van der Waals surface area contributed by atoms with Crippen molar-refractivity contribution < 1.29 is 14.0 Å². The van der Waals surface area contributed by atoms with Crippen molar-refractivity contribution in [2.45, 2.75) is 39.7 Å². The number of benzene rings is 1. The van der Waals surface area contributed by atoms with Gasteiger partial charge in [0.25, 0.3) is 11.8 Å². The van der Waals surface area contributed by atoms with Crippen molar-refractivity contribution in [2.75, 3.05) is 13.6 Å². The van der Waals surface area contributed by atoms with Gasteiger partial charge < -0.3 is 10.2 Å². The number of hydrogen-bond donors (Lipinski definition) is 1. The van der Waals surface area contributed by atoms with Crippen LogP contribution in [0.3, 0.4) is 0 Å². The summed E-state index contributed by atoms with van der Waals surface area (Å²) in [4.78, 5) is 30.7. The number of aromatic nitrogens is 1. The topological polar surface area (TPSA) is 62.3 Å². The van der Waals surface area contributed by atoms with Crippen LogP contribution in [-0.2, 0) is 0 Å². The lowest BCUT2D eigenvalue weighted by Crippen LogP contribution is -2.30. The fourth-order valence-corrected chi connectivity index (χ4v) is 3.11. The maximum absolute atomic E-state index is 14.4. The van der Waals surface area contributed by atoms with E-state index in [1.54, 1.807) is 43.3 Å². The van der Waals surface area contributed by atoms with Crippen LogP contribution < -0.4 is 5.32 Å². The van der Waals surface area contributed by atoms with Crippen LogP contribution in [0.15, 0.2) is 30.5 Å². The molecule has 0 unspecified atom stereocenters. The van der Waals surface area contributed by atoms with Gasteiger partial charge in [-0.1, -0.05) is 19.9 Å². The molecule has 2 amide bonds. The Morgan fingerprint density at radius 3 is 2.57 bits per heavy atom. The van der Waals surface area contributed by atoms with Crippen molar-refractivity contribution in [2.24, 2.45) is 5.92 Å². The molecule has 0 aliphatic heterocycles. The molecule has 0 spiro atoms. The van der Waals surface area contributed by atoms with Crippen molar-refractivity contribution in [1.82, 2.24) is 15.2 Å². The van der Waals surface area contributed by atoms with Crippen molar-refractivity contribution in [3.05, 3.63) is 53.1 Å². The maximum Gasteiger partial charge on any atom is 0.272 e. The lowest BCUT2D eigenvalue weighted by Gasteiger charge is -2.19. The second-order valence-electron chi connectivity index (χ2n) is 7.89. The molecule has 1 aromatic heterocycles. The molecule has 0 bridgehead atoms. The first-order valence-corrected chi connectivity index (χ1v) is 9.59. The van der Waals surface area contributed by atoms with Crippen molar-refractivity contribution in [3.63, 3.8) is 0 Å². The molecule has 2 aromatic rings. The zero-order valence-electron chi connectivity index (χ0n) is 16.8. The van der Waals surface area contributed by atoms with Gasteiger partial charge in [0.1, 0.15) is 11.5 Å². The first-order valence-electron chi connectivity index (χ1n) is 9.59. The third-order valence-electron chi connectivity index (χ3n) is 4.80. The molecular formula is C22H26FN3O2. The van der Waals surface area contributed by atoms with Crippen LogP contribution in [0.1, 0.15) is 53.1 Å². The minimum absolute atomic E-state index is 0.152. The van der Waals surface area contributed by atoms with Gasteiger partial charge in [0.05, 0.1) is 0 Å². The molecule has 1 saturated carbocycles. The van der Waals surface area contributed by atoms with Crippen LogP contribution >= 0.6 is 0 Å². The van der Waals surface area contributed by atoms with Crippen LogP contribution in [0.25, 0.3) is 11.1 Å². The van der Waals surface area contributed by atoms with Crippen LogP contribution in [-0.4, -0.2) is 41.3 Å². The zero-order valence-corrected chi connectivity index (χ0v) is 16.8. The Morgan fingerprint density at radius 1 is 1.29 bits per heavy atom. The summed E-state index contributed by atoms with van der Waals surface area (Å²) < 4.78 is 14.4. The lowest BCUT2D eigenvalue weighted by molar-refractivity contribution is 0.0773. The summed E-state index contributed by atoms with van der Waals surface area (Å²) in [5.74, 6) is -0.489. The number of halogens is 1. The summed E-state index contributed by atoms with van der Waals surface area (Å²) in [5, 5.41) is 2.88. The second kappa shape index (κ2) is 8.09. The van der Waals surface area contributed by atoms with E-state index in [9.17, 15) is 14.0 Å². The Kier molecular flexibility index (Phi) is 5.77. The van der Waals surface area contributed by atoms with Crippen molar-refractivity contribution in [3.8, 4) is 11.1 Å². The average Bonchev–Trinajstić information content (AvgIpc) is 3.46. The quantitative estimate of drug-likeness (QED) is 0.825. The van der Waals surface area contributed by atoms with Gasteiger partial charge in [-0.25, -0.2) is 4.39 Å². The summed E-state index contributed by atoms with van der Waals surface area (Å²) >= 11 is 0. The predicted molar refractivity (Wildman–Crippen MR) is 107 cm³/mol. The minimum atomic E-state index is -0.435. The highest BCUT2D eigenvalue weighted by molar-refractivity contribution is 5.96. The molecule has 1 aromatic carbocycles. The highest BCUT2D eigenvalue weighted by Gasteiger charge is 2.24. The van der Waals surface area contributed by atoms with Crippen LogP contribution in [0.2, 0.25) is 0 Å². The molecule has 3 rings (SSSR count). The summed E-state index contributed by atoms with van der Waals surface area (Å²) in [6, 6.07) is 6.54. The van der Waals surface area contributed by atoms with E-state index in [4.69, 9.17) is 0 Å². The Morgan fingerprint density at radius 2 is 2.00 bits per heavy atom. The molecule has 28 heavy (non-hydrogen) atoms. The minimum Gasteiger partial charge on any atom is -0.349 e. The maximum atomic E-state index is 14.4. The molecule has 1 N–H and O–H groups in total. The van der Waals surface area contributed by atoms with Gasteiger partial charge in [0.15, 0.2) is 0 Å². The normalized spacial score (nSPS) is 13.5. The highest BCUT2D eigenvalue weighted by atomic mass is 19.1. The summed E-state index contributed by atoms with van der Waals surface area (Å²) in [5.41, 5.74) is 2.35. The standard InChI is InChI=1S/C22H26FN3O2/c1-13(2)12-26(4)22(28)20-8-5-15(11-24-20)18-9-16(10-19(23)14(18)3)21(27)25-17-6-7-17/h5,8-11,13,17H,6-7,12H2,1-4H3,(H,25,27). The van der Waals surface area contributed by atoms with E-state index in [0.29, 0.717) is 40.4 Å². The van der Waals surface area contributed by atoms with Gasteiger partial charge in [-0.05, 0) is 55.0 Å². The van der Waals surface area contributed by atoms with Gasteiger partial charge in [-0.3, -0.25) is 14.6 Å². The number of pyridine rings is 1. The summed E-state index contributed by atoms with van der Waals surface area (Å²) in [6.45, 7) is 6.40. The first kappa shape index (κ1) is 20.0. The number of hydrogen-bond acceptors (Lipinski definition) is 3. The van der Waals surface area contributed by atoms with Crippen molar-refractivity contribution >= 4 is 11.8 Å². The van der Waals surface area contributed by atoms with Gasteiger partial charge in [0, 0.05) is 37.0 Å². The van der Waals surface area contributed by atoms with E-state index in [1.807, 2.05) is 13.8 Å². The number of nitrogens with one attached hydrogen (secondary N) is 1. The monoisotopic (exact) mass is 383 g/mol. The molecular weight excluding hydrogens is 357 g/mol. The summed E-state index contributed by atoms with van der Waals surface area (Å²) in [7, 11) is 1.75. The predicted octanol–water partition coefficient (Wildman–Crippen LogP) is 3.82. The molecule has 1 aliphatic rings. The number of carbonyl (C=O) groups is 2. The SMILES string of the molecule is Cc1c(F)cc(C(=O)NC2CC2)cc1-c1ccc(C(=O)N(C)CC(C)C)nc1. The largest absolute Gasteiger partial charge is 0.349 e. The zero-order chi connectivity index (χ0) is 20.4. The van der Waals surface area contributed by atoms with E-state index >= 15 is 0 Å². The number of amides is 2. The Labute approximate surface area is 165 Å². The average molecular weight is 383 g/mol. The van der Waals surface area contributed by atoms with Crippen molar-refractivity contribution in [1.29, 1.82) is 0 Å². The lowest BCUT2D eigenvalue weighted by atomic mass is 9.98.